The fraction of sp³-hybridized carbons (Fsp3) is 0.250. The molecular formula is C20H21N3O2. The SMILES string of the molecule is C[C@H](C(=O)NCc1noc(CCc2ccccc2)n1)c1ccccc1. The van der Waals surface area contributed by atoms with E-state index in [1.807, 2.05) is 55.5 Å². The van der Waals surface area contributed by atoms with Crippen LogP contribution in [0.2, 0.25) is 0 Å². The van der Waals surface area contributed by atoms with E-state index in [4.69, 9.17) is 4.52 Å². The lowest BCUT2D eigenvalue weighted by Crippen LogP contribution is -2.27. The second kappa shape index (κ2) is 8.24. The Labute approximate surface area is 147 Å². The van der Waals surface area contributed by atoms with Gasteiger partial charge in [0.25, 0.3) is 0 Å². The summed E-state index contributed by atoms with van der Waals surface area (Å²) in [6.07, 6.45) is 1.53. The Morgan fingerprint density at radius 2 is 1.72 bits per heavy atom. The second-order valence-corrected chi connectivity index (χ2v) is 5.94. The van der Waals surface area contributed by atoms with Crippen molar-refractivity contribution < 1.29 is 9.32 Å². The molecule has 0 fully saturated rings. The summed E-state index contributed by atoms with van der Waals surface area (Å²) in [5, 5.41) is 6.79. The molecule has 0 bridgehead atoms. The smallest absolute Gasteiger partial charge is 0.227 e. The van der Waals surface area contributed by atoms with E-state index < -0.39 is 0 Å². The monoisotopic (exact) mass is 335 g/mol. The first kappa shape index (κ1) is 16.9. The van der Waals surface area contributed by atoms with Crippen molar-refractivity contribution >= 4 is 5.91 Å². The van der Waals surface area contributed by atoms with E-state index in [1.54, 1.807) is 0 Å². The lowest BCUT2D eigenvalue weighted by Gasteiger charge is -2.11. The standard InChI is InChI=1S/C20H21N3O2/c1-15(17-10-6-3-7-11-17)20(24)21-14-18-22-19(25-23-18)13-12-16-8-4-2-5-9-16/h2-11,15H,12-14H2,1H3,(H,21,24)/t15-/m0/s1. The highest BCUT2D eigenvalue weighted by molar-refractivity contribution is 5.83. The van der Waals surface area contributed by atoms with Crippen LogP contribution in [0.15, 0.2) is 65.2 Å². The van der Waals surface area contributed by atoms with Crippen molar-refractivity contribution in [2.75, 3.05) is 0 Å². The summed E-state index contributed by atoms with van der Waals surface area (Å²) >= 11 is 0. The number of rotatable bonds is 7. The maximum Gasteiger partial charge on any atom is 0.227 e. The lowest BCUT2D eigenvalue weighted by molar-refractivity contribution is -0.122. The molecular weight excluding hydrogens is 314 g/mol. The van der Waals surface area contributed by atoms with Crippen LogP contribution in [0.5, 0.6) is 0 Å². The van der Waals surface area contributed by atoms with Crippen LogP contribution >= 0.6 is 0 Å². The van der Waals surface area contributed by atoms with Gasteiger partial charge in [-0.05, 0) is 24.5 Å². The van der Waals surface area contributed by atoms with Crippen LogP contribution in [0.1, 0.15) is 35.7 Å². The fourth-order valence-corrected chi connectivity index (χ4v) is 2.57. The average molecular weight is 335 g/mol. The number of aryl methyl sites for hydroxylation is 2. The number of amides is 1. The van der Waals surface area contributed by atoms with Gasteiger partial charge in [-0.3, -0.25) is 4.79 Å². The molecule has 3 rings (SSSR count). The van der Waals surface area contributed by atoms with Gasteiger partial charge < -0.3 is 9.84 Å². The molecule has 1 N–H and O–H groups in total. The molecule has 0 aliphatic carbocycles. The molecule has 0 saturated heterocycles. The number of nitrogens with one attached hydrogen (secondary N) is 1. The lowest BCUT2D eigenvalue weighted by atomic mass is 10.0. The van der Waals surface area contributed by atoms with E-state index in [9.17, 15) is 4.79 Å². The first-order valence-corrected chi connectivity index (χ1v) is 8.40. The molecule has 128 valence electrons. The molecule has 0 spiro atoms. The number of hydrogen-bond acceptors (Lipinski definition) is 4. The van der Waals surface area contributed by atoms with Gasteiger partial charge in [-0.1, -0.05) is 65.8 Å². The molecule has 0 saturated carbocycles. The minimum atomic E-state index is -0.217. The van der Waals surface area contributed by atoms with Crippen molar-refractivity contribution in [2.45, 2.75) is 32.2 Å². The van der Waals surface area contributed by atoms with E-state index in [0.717, 1.165) is 12.0 Å². The molecule has 1 amide bonds. The molecule has 1 aromatic heterocycles. The van der Waals surface area contributed by atoms with Gasteiger partial charge in [0, 0.05) is 6.42 Å². The Bertz CT molecular complexity index is 800. The maximum absolute atomic E-state index is 12.2. The highest BCUT2D eigenvalue weighted by Crippen LogP contribution is 2.14. The van der Waals surface area contributed by atoms with Crippen LogP contribution in [-0.4, -0.2) is 16.0 Å². The van der Waals surface area contributed by atoms with E-state index >= 15 is 0 Å². The molecule has 0 aliphatic rings. The Hall–Kier alpha value is -2.95. The van der Waals surface area contributed by atoms with Crippen molar-refractivity contribution in [1.82, 2.24) is 15.5 Å². The van der Waals surface area contributed by atoms with Gasteiger partial charge in [0.1, 0.15) is 0 Å². The molecule has 2 aromatic carbocycles. The van der Waals surface area contributed by atoms with Crippen LogP contribution in [0.25, 0.3) is 0 Å². The van der Waals surface area contributed by atoms with E-state index in [2.05, 4.69) is 27.6 Å². The molecule has 5 nitrogen and oxygen atoms in total. The van der Waals surface area contributed by atoms with Crippen LogP contribution < -0.4 is 5.32 Å². The van der Waals surface area contributed by atoms with Crippen molar-refractivity contribution in [1.29, 1.82) is 0 Å². The van der Waals surface area contributed by atoms with Gasteiger partial charge in [0.2, 0.25) is 11.8 Å². The molecule has 3 aromatic rings. The fourth-order valence-electron chi connectivity index (χ4n) is 2.57. The number of aromatic nitrogens is 2. The van der Waals surface area contributed by atoms with Gasteiger partial charge in [-0.25, -0.2) is 0 Å². The Balaban J connectivity index is 1.49. The van der Waals surface area contributed by atoms with E-state index in [-0.39, 0.29) is 18.4 Å². The van der Waals surface area contributed by atoms with Gasteiger partial charge >= 0.3 is 0 Å². The molecule has 25 heavy (non-hydrogen) atoms. The summed E-state index contributed by atoms with van der Waals surface area (Å²) in [5.41, 5.74) is 2.21. The molecule has 1 heterocycles. The zero-order valence-corrected chi connectivity index (χ0v) is 14.2. The quantitative estimate of drug-likeness (QED) is 0.719. The predicted molar refractivity (Wildman–Crippen MR) is 94.9 cm³/mol. The van der Waals surface area contributed by atoms with Crippen molar-refractivity contribution in [3.8, 4) is 0 Å². The van der Waals surface area contributed by atoms with Crippen molar-refractivity contribution in [2.24, 2.45) is 0 Å². The number of carbonyl (C=O) groups excluding carboxylic acids is 1. The largest absolute Gasteiger partial charge is 0.348 e. The zero-order chi connectivity index (χ0) is 17.5. The Morgan fingerprint density at radius 1 is 1.04 bits per heavy atom. The first-order chi connectivity index (χ1) is 12.2. The number of carbonyl (C=O) groups is 1. The van der Waals surface area contributed by atoms with Crippen molar-refractivity contribution in [3.63, 3.8) is 0 Å². The summed E-state index contributed by atoms with van der Waals surface area (Å²) in [6, 6.07) is 19.8. The Kier molecular flexibility index (Phi) is 5.57. The number of benzene rings is 2. The summed E-state index contributed by atoms with van der Waals surface area (Å²) < 4.78 is 5.25. The molecule has 1 atom stereocenters. The third-order valence-electron chi connectivity index (χ3n) is 4.09. The molecule has 0 unspecified atom stereocenters. The summed E-state index contributed by atoms with van der Waals surface area (Å²) in [4.78, 5) is 16.6. The Morgan fingerprint density at radius 3 is 2.44 bits per heavy atom. The van der Waals surface area contributed by atoms with Crippen LogP contribution in [0, 0.1) is 0 Å². The third-order valence-corrected chi connectivity index (χ3v) is 4.09. The van der Waals surface area contributed by atoms with Crippen LogP contribution in [0.3, 0.4) is 0 Å². The normalized spacial score (nSPS) is 11.9. The van der Waals surface area contributed by atoms with Gasteiger partial charge in [0.05, 0.1) is 12.5 Å². The van der Waals surface area contributed by atoms with E-state index in [1.165, 1.54) is 5.56 Å². The van der Waals surface area contributed by atoms with Gasteiger partial charge in [-0.15, -0.1) is 0 Å². The number of nitrogens with zero attached hydrogens (tertiary/aromatic N) is 2. The second-order valence-electron chi connectivity index (χ2n) is 5.94. The maximum atomic E-state index is 12.2. The zero-order valence-electron chi connectivity index (χ0n) is 14.2. The van der Waals surface area contributed by atoms with E-state index in [0.29, 0.717) is 18.1 Å². The first-order valence-electron chi connectivity index (χ1n) is 8.40. The highest BCUT2D eigenvalue weighted by Gasteiger charge is 2.15. The third kappa shape index (κ3) is 4.76. The number of hydrogen-bond donors (Lipinski definition) is 1. The average Bonchev–Trinajstić information content (AvgIpc) is 3.13. The topological polar surface area (TPSA) is 68.0 Å². The molecule has 5 heteroatoms. The van der Waals surface area contributed by atoms with Crippen LogP contribution in [0.4, 0.5) is 0 Å². The van der Waals surface area contributed by atoms with Crippen molar-refractivity contribution in [3.05, 3.63) is 83.5 Å². The minimum absolute atomic E-state index is 0.0539. The van der Waals surface area contributed by atoms with Crippen LogP contribution in [-0.2, 0) is 24.2 Å². The minimum Gasteiger partial charge on any atom is -0.348 e. The van der Waals surface area contributed by atoms with Gasteiger partial charge in [0.15, 0.2) is 5.82 Å². The predicted octanol–water partition coefficient (Wildman–Crippen LogP) is 3.27. The molecule has 0 radical (unpaired) electrons. The van der Waals surface area contributed by atoms with Gasteiger partial charge in [-0.2, -0.15) is 4.98 Å². The summed E-state index contributed by atoms with van der Waals surface area (Å²) in [7, 11) is 0. The molecule has 0 aliphatic heterocycles. The highest BCUT2D eigenvalue weighted by atomic mass is 16.5. The summed E-state index contributed by atoms with van der Waals surface area (Å²) in [6.45, 7) is 2.15. The summed E-state index contributed by atoms with van der Waals surface area (Å²) in [5.74, 6) is 0.813.